The number of hydrogen-bond donors (Lipinski definition) is 2. The van der Waals surface area contributed by atoms with E-state index in [1.54, 1.807) is 12.1 Å². The number of carboxylic acid groups (broad SMARTS) is 1. The number of hydrogen-bond acceptors (Lipinski definition) is 3. The lowest BCUT2D eigenvalue weighted by Gasteiger charge is -2.24. The van der Waals surface area contributed by atoms with Crippen molar-refractivity contribution in [2.24, 2.45) is 23.7 Å². The number of phenolic OH excluding ortho intramolecular Hbond substituents is 1. The molecule has 0 amide bonds. The van der Waals surface area contributed by atoms with Crippen LogP contribution in [0.25, 0.3) is 0 Å². The Morgan fingerprint density at radius 1 is 1.15 bits per heavy atom. The number of phenols is 1. The van der Waals surface area contributed by atoms with E-state index in [0.29, 0.717) is 0 Å². The van der Waals surface area contributed by atoms with Gasteiger partial charge in [0.15, 0.2) is 5.78 Å². The third kappa shape index (κ3) is 1.83. The van der Waals surface area contributed by atoms with Crippen molar-refractivity contribution in [2.45, 2.75) is 13.3 Å². The molecule has 4 heteroatoms. The number of ketones is 1. The molecule has 0 aliphatic heterocycles. The molecule has 0 aromatic heterocycles. The number of carboxylic acids is 1. The maximum atomic E-state index is 12.7. The highest BCUT2D eigenvalue weighted by molar-refractivity contribution is 6.03. The van der Waals surface area contributed by atoms with Crippen LogP contribution in [0.4, 0.5) is 0 Å². The van der Waals surface area contributed by atoms with Gasteiger partial charge in [0.2, 0.25) is 0 Å². The molecule has 0 unspecified atom stereocenters. The summed E-state index contributed by atoms with van der Waals surface area (Å²) >= 11 is 0. The average Bonchev–Trinajstić information content (AvgIpc) is 3.00. The van der Waals surface area contributed by atoms with E-state index < -0.39 is 17.8 Å². The highest BCUT2D eigenvalue weighted by atomic mass is 16.4. The maximum absolute atomic E-state index is 12.7. The van der Waals surface area contributed by atoms with Crippen LogP contribution in [0.5, 0.6) is 5.75 Å². The SMILES string of the molecule is Cc1ccc(O)c(C(=O)[C@@H]2[C@H](C(=O)O)[C@H]3C=C[C@H]2C3)c1. The van der Waals surface area contributed by atoms with Gasteiger partial charge in [-0.3, -0.25) is 9.59 Å². The molecule has 1 aromatic rings. The zero-order chi connectivity index (χ0) is 14.4. The van der Waals surface area contributed by atoms with Crippen molar-refractivity contribution < 1.29 is 19.8 Å². The highest BCUT2D eigenvalue weighted by Gasteiger charge is 2.51. The minimum absolute atomic E-state index is 0.0199. The number of carbonyl (C=O) groups excluding carboxylic acids is 1. The lowest BCUT2D eigenvalue weighted by atomic mass is 9.78. The molecule has 0 spiro atoms. The van der Waals surface area contributed by atoms with Gasteiger partial charge in [-0.05, 0) is 37.3 Å². The van der Waals surface area contributed by atoms with E-state index >= 15 is 0 Å². The van der Waals surface area contributed by atoms with Crippen molar-refractivity contribution in [3.63, 3.8) is 0 Å². The summed E-state index contributed by atoms with van der Waals surface area (Å²) in [7, 11) is 0. The molecule has 1 aromatic carbocycles. The predicted octanol–water partition coefficient (Wildman–Crippen LogP) is 2.41. The maximum Gasteiger partial charge on any atom is 0.307 e. The van der Waals surface area contributed by atoms with Gasteiger partial charge in [0.1, 0.15) is 5.75 Å². The van der Waals surface area contributed by atoms with Crippen LogP contribution < -0.4 is 0 Å². The summed E-state index contributed by atoms with van der Waals surface area (Å²) in [6.07, 6.45) is 4.57. The molecule has 2 aliphatic rings. The van der Waals surface area contributed by atoms with Gasteiger partial charge in [-0.15, -0.1) is 0 Å². The van der Waals surface area contributed by atoms with E-state index in [0.717, 1.165) is 12.0 Å². The van der Waals surface area contributed by atoms with Gasteiger partial charge in [-0.2, -0.15) is 0 Å². The van der Waals surface area contributed by atoms with E-state index in [-0.39, 0.29) is 28.9 Å². The molecule has 20 heavy (non-hydrogen) atoms. The van der Waals surface area contributed by atoms with Crippen molar-refractivity contribution in [2.75, 3.05) is 0 Å². The van der Waals surface area contributed by atoms with Crippen molar-refractivity contribution >= 4 is 11.8 Å². The fourth-order valence-corrected chi connectivity index (χ4v) is 3.54. The Labute approximate surface area is 116 Å². The Balaban J connectivity index is 1.99. The van der Waals surface area contributed by atoms with Gasteiger partial charge in [0, 0.05) is 5.92 Å². The van der Waals surface area contributed by atoms with Gasteiger partial charge in [-0.25, -0.2) is 0 Å². The van der Waals surface area contributed by atoms with Crippen LogP contribution in [0.2, 0.25) is 0 Å². The van der Waals surface area contributed by atoms with E-state index in [2.05, 4.69) is 0 Å². The highest BCUT2D eigenvalue weighted by Crippen LogP contribution is 2.49. The molecule has 2 bridgehead atoms. The van der Waals surface area contributed by atoms with E-state index in [9.17, 15) is 19.8 Å². The van der Waals surface area contributed by atoms with Crippen LogP contribution in [-0.4, -0.2) is 22.0 Å². The fourth-order valence-electron chi connectivity index (χ4n) is 3.54. The monoisotopic (exact) mass is 272 g/mol. The predicted molar refractivity (Wildman–Crippen MR) is 72.5 cm³/mol. The first-order valence-corrected chi connectivity index (χ1v) is 6.74. The molecule has 2 N–H and O–H groups in total. The quantitative estimate of drug-likeness (QED) is 0.654. The summed E-state index contributed by atoms with van der Waals surface area (Å²) in [6.45, 7) is 1.84. The number of aryl methyl sites for hydroxylation is 1. The molecule has 3 rings (SSSR count). The molecule has 2 aliphatic carbocycles. The third-order valence-corrected chi connectivity index (χ3v) is 4.46. The molecular formula is C16H16O4. The van der Waals surface area contributed by atoms with E-state index in [1.165, 1.54) is 6.07 Å². The fraction of sp³-hybridized carbons (Fsp3) is 0.375. The normalized spacial score (nSPS) is 30.6. The average molecular weight is 272 g/mol. The zero-order valence-corrected chi connectivity index (χ0v) is 11.1. The van der Waals surface area contributed by atoms with Gasteiger partial charge in [-0.1, -0.05) is 23.8 Å². The molecule has 4 nitrogen and oxygen atoms in total. The lowest BCUT2D eigenvalue weighted by Crippen LogP contribution is -2.33. The number of benzene rings is 1. The number of rotatable bonds is 3. The molecule has 1 saturated carbocycles. The smallest absolute Gasteiger partial charge is 0.307 e. The molecule has 0 heterocycles. The van der Waals surface area contributed by atoms with Crippen molar-refractivity contribution in [1.29, 1.82) is 0 Å². The van der Waals surface area contributed by atoms with Gasteiger partial charge in [0.05, 0.1) is 11.5 Å². The van der Waals surface area contributed by atoms with Crippen LogP contribution in [-0.2, 0) is 4.79 Å². The largest absolute Gasteiger partial charge is 0.507 e. The third-order valence-electron chi connectivity index (χ3n) is 4.46. The topological polar surface area (TPSA) is 74.6 Å². The molecule has 0 saturated heterocycles. The standard InChI is InChI=1S/C16H16O4/c1-8-2-5-12(17)11(6-8)15(18)13-9-3-4-10(7-9)14(13)16(19)20/h2-6,9-10,13-14,17H,7H2,1H3,(H,19,20)/t9-,10-,13-,14+/m0/s1. The summed E-state index contributed by atoms with van der Waals surface area (Å²) < 4.78 is 0. The molecule has 0 radical (unpaired) electrons. The van der Waals surface area contributed by atoms with E-state index in [4.69, 9.17) is 0 Å². The van der Waals surface area contributed by atoms with Crippen molar-refractivity contribution in [3.8, 4) is 5.75 Å². The van der Waals surface area contributed by atoms with Crippen molar-refractivity contribution in [1.82, 2.24) is 0 Å². The summed E-state index contributed by atoms with van der Waals surface area (Å²) in [6, 6.07) is 4.84. The summed E-state index contributed by atoms with van der Waals surface area (Å²) in [4.78, 5) is 24.1. The Hall–Kier alpha value is -2.10. The number of carbonyl (C=O) groups is 2. The summed E-state index contributed by atoms with van der Waals surface area (Å²) in [5, 5.41) is 19.3. The van der Waals surface area contributed by atoms with Crippen LogP contribution in [0.3, 0.4) is 0 Å². The molecule has 1 fully saturated rings. The number of fused-ring (bicyclic) bond motifs is 2. The Morgan fingerprint density at radius 2 is 1.80 bits per heavy atom. The van der Waals surface area contributed by atoms with Gasteiger partial charge in [0.25, 0.3) is 0 Å². The summed E-state index contributed by atoms with van der Waals surface area (Å²) in [5.41, 5.74) is 1.11. The minimum atomic E-state index is -0.924. The number of allylic oxidation sites excluding steroid dienone is 2. The molecule has 104 valence electrons. The van der Waals surface area contributed by atoms with Crippen LogP contribution >= 0.6 is 0 Å². The second kappa shape index (κ2) is 4.47. The van der Waals surface area contributed by atoms with Crippen LogP contribution in [0.1, 0.15) is 22.3 Å². The van der Waals surface area contributed by atoms with Crippen LogP contribution in [0.15, 0.2) is 30.4 Å². The number of aliphatic carboxylic acids is 1. The van der Waals surface area contributed by atoms with E-state index in [1.807, 2.05) is 19.1 Å². The number of Topliss-reactive ketones (excluding diaryl/α,β-unsaturated/α-hetero) is 1. The first-order valence-electron chi connectivity index (χ1n) is 6.74. The zero-order valence-electron chi connectivity index (χ0n) is 11.1. The summed E-state index contributed by atoms with van der Waals surface area (Å²) in [5.74, 6) is -2.56. The molecular weight excluding hydrogens is 256 g/mol. The Bertz CT molecular complexity index is 617. The number of aromatic hydroxyl groups is 1. The van der Waals surface area contributed by atoms with Crippen molar-refractivity contribution in [3.05, 3.63) is 41.5 Å². The molecule has 4 atom stereocenters. The second-order valence-corrected chi connectivity index (χ2v) is 5.72. The van der Waals surface area contributed by atoms with Gasteiger partial charge >= 0.3 is 5.97 Å². The van der Waals surface area contributed by atoms with Gasteiger partial charge < -0.3 is 10.2 Å². The first kappa shape index (κ1) is 12.9. The Kier molecular flexibility index (Phi) is 2.89. The second-order valence-electron chi connectivity index (χ2n) is 5.72. The van der Waals surface area contributed by atoms with Crippen LogP contribution in [0, 0.1) is 30.6 Å². The first-order chi connectivity index (χ1) is 9.49. The minimum Gasteiger partial charge on any atom is -0.507 e. The lowest BCUT2D eigenvalue weighted by molar-refractivity contribution is -0.143. The Morgan fingerprint density at radius 3 is 2.45 bits per heavy atom.